The number of ketones is 1. The molecular weight excluding hydrogens is 284 g/mol. The summed E-state index contributed by atoms with van der Waals surface area (Å²) in [6.07, 6.45) is 0. The van der Waals surface area contributed by atoms with E-state index in [1.165, 1.54) is 33.2 Å². The predicted octanol–water partition coefficient (Wildman–Crippen LogP) is 1.54. The summed E-state index contributed by atoms with van der Waals surface area (Å²) in [7, 11) is -1.07. The average Bonchev–Trinajstić information content (AvgIpc) is 2.36. The molecular formula is C12H16N2O5S. The summed E-state index contributed by atoms with van der Waals surface area (Å²) in [5.41, 5.74) is -0.157. The average molecular weight is 300 g/mol. The topological polar surface area (TPSA) is 97.6 Å². The minimum Gasteiger partial charge on any atom is -0.299 e. The molecule has 8 heteroatoms. The lowest BCUT2D eigenvalue weighted by Crippen LogP contribution is -2.22. The third-order valence-electron chi connectivity index (χ3n) is 3.05. The number of hydrogen-bond donors (Lipinski definition) is 0. The van der Waals surface area contributed by atoms with E-state index in [4.69, 9.17) is 0 Å². The molecule has 0 aromatic heterocycles. The van der Waals surface area contributed by atoms with Crippen molar-refractivity contribution >= 4 is 21.5 Å². The van der Waals surface area contributed by atoms with Crippen molar-refractivity contribution in [3.05, 3.63) is 33.9 Å². The molecule has 1 unspecified atom stereocenters. The Balaban J connectivity index is 3.50. The Labute approximate surface area is 117 Å². The van der Waals surface area contributed by atoms with Crippen LogP contribution < -0.4 is 0 Å². The first-order valence-electron chi connectivity index (χ1n) is 5.80. The van der Waals surface area contributed by atoms with E-state index in [9.17, 15) is 23.3 Å². The molecule has 0 fully saturated rings. The van der Waals surface area contributed by atoms with Crippen molar-refractivity contribution in [2.75, 3.05) is 14.1 Å². The number of nitrogens with zero attached hydrogens (tertiary/aromatic N) is 2. The van der Waals surface area contributed by atoms with Gasteiger partial charge in [0, 0.05) is 31.6 Å². The number of sulfonamides is 1. The van der Waals surface area contributed by atoms with E-state index in [2.05, 4.69) is 0 Å². The molecule has 1 aromatic carbocycles. The summed E-state index contributed by atoms with van der Waals surface area (Å²) >= 11 is 0. The molecule has 1 atom stereocenters. The maximum Gasteiger partial charge on any atom is 0.274 e. The number of hydrogen-bond acceptors (Lipinski definition) is 5. The molecule has 0 amide bonds. The molecule has 0 heterocycles. The summed E-state index contributed by atoms with van der Waals surface area (Å²) in [5, 5.41) is 11.1. The van der Waals surface area contributed by atoms with Gasteiger partial charge in [-0.15, -0.1) is 0 Å². The fourth-order valence-corrected chi connectivity index (χ4v) is 2.56. The fourth-order valence-electron chi connectivity index (χ4n) is 1.64. The Morgan fingerprint density at radius 2 is 1.90 bits per heavy atom. The zero-order valence-electron chi connectivity index (χ0n) is 11.7. The van der Waals surface area contributed by atoms with Crippen LogP contribution in [-0.4, -0.2) is 37.5 Å². The highest BCUT2D eigenvalue weighted by molar-refractivity contribution is 7.89. The van der Waals surface area contributed by atoms with Gasteiger partial charge in [-0.25, -0.2) is 12.7 Å². The van der Waals surface area contributed by atoms with E-state index in [0.29, 0.717) is 0 Å². The van der Waals surface area contributed by atoms with Gasteiger partial charge in [0.1, 0.15) is 5.78 Å². The van der Waals surface area contributed by atoms with Crippen LogP contribution in [-0.2, 0) is 14.8 Å². The van der Waals surface area contributed by atoms with Gasteiger partial charge in [-0.1, -0.05) is 13.0 Å². The van der Waals surface area contributed by atoms with E-state index in [0.717, 1.165) is 10.4 Å². The zero-order valence-corrected chi connectivity index (χ0v) is 12.5. The van der Waals surface area contributed by atoms with Gasteiger partial charge in [-0.05, 0) is 13.0 Å². The van der Waals surface area contributed by atoms with Crippen LogP contribution in [0.1, 0.15) is 25.3 Å². The van der Waals surface area contributed by atoms with Crippen molar-refractivity contribution < 1.29 is 18.1 Å². The molecule has 0 saturated carbocycles. The first-order chi connectivity index (χ1) is 9.09. The molecule has 0 bridgehead atoms. The molecule has 20 heavy (non-hydrogen) atoms. The monoisotopic (exact) mass is 300 g/mol. The smallest absolute Gasteiger partial charge is 0.274 e. The van der Waals surface area contributed by atoms with Gasteiger partial charge in [0.05, 0.1) is 9.82 Å². The molecule has 1 rings (SSSR count). The van der Waals surface area contributed by atoms with Crippen molar-refractivity contribution in [3.63, 3.8) is 0 Å². The summed E-state index contributed by atoms with van der Waals surface area (Å²) in [4.78, 5) is 21.6. The van der Waals surface area contributed by atoms with Gasteiger partial charge in [0.15, 0.2) is 0 Å². The summed E-state index contributed by atoms with van der Waals surface area (Å²) in [6.45, 7) is 2.88. The van der Waals surface area contributed by atoms with E-state index in [1.807, 2.05) is 0 Å². The third kappa shape index (κ3) is 3.02. The number of rotatable bonds is 5. The zero-order chi connectivity index (χ0) is 15.7. The van der Waals surface area contributed by atoms with E-state index in [1.54, 1.807) is 6.92 Å². The van der Waals surface area contributed by atoms with Gasteiger partial charge in [0.25, 0.3) is 5.69 Å². The SMILES string of the molecule is CC(=O)C(C)c1ccc(S(=O)(=O)N(C)C)cc1[N+](=O)[O-]. The molecule has 110 valence electrons. The van der Waals surface area contributed by atoms with Crippen LogP contribution in [0.4, 0.5) is 5.69 Å². The third-order valence-corrected chi connectivity index (χ3v) is 4.86. The second-order valence-corrected chi connectivity index (χ2v) is 6.75. The van der Waals surface area contributed by atoms with Gasteiger partial charge < -0.3 is 0 Å². The van der Waals surface area contributed by atoms with Crippen LogP contribution in [0.5, 0.6) is 0 Å². The van der Waals surface area contributed by atoms with Crippen molar-refractivity contribution in [1.29, 1.82) is 0 Å². The molecule has 0 saturated heterocycles. The van der Waals surface area contributed by atoms with Crippen LogP contribution in [0.3, 0.4) is 0 Å². The number of nitro groups is 1. The largest absolute Gasteiger partial charge is 0.299 e. The summed E-state index contributed by atoms with van der Waals surface area (Å²) in [6, 6.07) is 3.59. The second kappa shape index (κ2) is 5.68. The number of Topliss-reactive ketones (excluding diaryl/α,β-unsaturated/α-hetero) is 1. The summed E-state index contributed by atoms with van der Waals surface area (Å²) in [5.74, 6) is -0.886. The lowest BCUT2D eigenvalue weighted by molar-refractivity contribution is -0.385. The Morgan fingerprint density at radius 3 is 2.30 bits per heavy atom. The van der Waals surface area contributed by atoms with Gasteiger partial charge in [-0.3, -0.25) is 14.9 Å². The molecule has 0 spiro atoms. The quantitative estimate of drug-likeness (QED) is 0.607. The maximum absolute atomic E-state index is 12.0. The number of carbonyl (C=O) groups excluding carboxylic acids is 1. The highest BCUT2D eigenvalue weighted by Gasteiger charge is 2.26. The van der Waals surface area contributed by atoms with Crippen molar-refractivity contribution in [3.8, 4) is 0 Å². The predicted molar refractivity (Wildman–Crippen MR) is 73.1 cm³/mol. The lowest BCUT2D eigenvalue weighted by atomic mass is 9.96. The first kappa shape index (κ1) is 16.3. The maximum atomic E-state index is 12.0. The van der Waals surface area contributed by atoms with Crippen LogP contribution in [0.25, 0.3) is 0 Å². The molecule has 7 nitrogen and oxygen atoms in total. The van der Waals surface area contributed by atoms with Crippen molar-refractivity contribution in [2.24, 2.45) is 0 Å². The Bertz CT molecular complexity index is 652. The van der Waals surface area contributed by atoms with Crippen LogP contribution >= 0.6 is 0 Å². The standard InChI is InChI=1S/C12H16N2O5S/c1-8(9(2)15)11-6-5-10(7-12(11)14(16)17)20(18,19)13(3)4/h5-8H,1-4H3. The Morgan fingerprint density at radius 1 is 1.35 bits per heavy atom. The highest BCUT2D eigenvalue weighted by atomic mass is 32.2. The highest BCUT2D eigenvalue weighted by Crippen LogP contribution is 2.30. The van der Waals surface area contributed by atoms with Gasteiger partial charge in [-0.2, -0.15) is 0 Å². The molecule has 0 aliphatic carbocycles. The number of benzene rings is 1. The number of nitro benzene ring substituents is 1. The summed E-state index contributed by atoms with van der Waals surface area (Å²) < 4.78 is 24.9. The Kier molecular flexibility index (Phi) is 4.61. The van der Waals surface area contributed by atoms with E-state index in [-0.39, 0.29) is 21.9 Å². The first-order valence-corrected chi connectivity index (χ1v) is 7.24. The number of carbonyl (C=O) groups is 1. The van der Waals surface area contributed by atoms with Crippen LogP contribution in [0, 0.1) is 10.1 Å². The molecule has 1 aromatic rings. The minimum absolute atomic E-state index is 0.172. The second-order valence-electron chi connectivity index (χ2n) is 4.60. The van der Waals surface area contributed by atoms with Gasteiger partial charge >= 0.3 is 0 Å². The van der Waals surface area contributed by atoms with Crippen LogP contribution in [0.2, 0.25) is 0 Å². The fraction of sp³-hybridized carbons (Fsp3) is 0.417. The Hall–Kier alpha value is -1.80. The molecule has 0 aliphatic rings. The van der Waals surface area contributed by atoms with E-state index < -0.39 is 20.9 Å². The van der Waals surface area contributed by atoms with Crippen LogP contribution in [0.15, 0.2) is 23.1 Å². The molecule has 0 radical (unpaired) electrons. The van der Waals surface area contributed by atoms with E-state index >= 15 is 0 Å². The molecule has 0 aliphatic heterocycles. The van der Waals surface area contributed by atoms with Crippen molar-refractivity contribution in [2.45, 2.75) is 24.7 Å². The van der Waals surface area contributed by atoms with Gasteiger partial charge in [0.2, 0.25) is 10.0 Å². The van der Waals surface area contributed by atoms with Crippen molar-refractivity contribution in [1.82, 2.24) is 4.31 Å². The normalized spacial score (nSPS) is 13.2. The minimum atomic E-state index is -3.75. The lowest BCUT2D eigenvalue weighted by Gasteiger charge is -2.13. The molecule has 0 N–H and O–H groups in total.